The van der Waals surface area contributed by atoms with Crippen molar-refractivity contribution in [3.05, 3.63) is 77.4 Å². The van der Waals surface area contributed by atoms with Crippen LogP contribution >= 0.6 is 11.8 Å². The molecule has 1 aromatic heterocycles. The maximum absolute atomic E-state index is 12.9. The number of benzene rings is 2. The maximum Gasteiger partial charge on any atom is 0.262 e. The standard InChI is InChI=1S/C23H22FN5O3S/c1-15-11-16(2)27-23(26-15)33-14-22(31)29-25-12-17-3-9-20(10-4-17)32-13-21(30)28-19-7-5-18(24)6-8-19/h3-12H,13-14H2,1-2H3,(H,28,30)(H,29,31)/b25-12-. The lowest BCUT2D eigenvalue weighted by molar-refractivity contribution is -0.119. The fraction of sp³-hybridized carbons (Fsp3) is 0.174. The van der Waals surface area contributed by atoms with Crippen molar-refractivity contribution in [2.75, 3.05) is 17.7 Å². The molecule has 8 nitrogen and oxygen atoms in total. The van der Waals surface area contributed by atoms with E-state index in [9.17, 15) is 14.0 Å². The number of hydrazone groups is 1. The molecule has 0 aliphatic carbocycles. The van der Waals surface area contributed by atoms with E-state index in [1.807, 2.05) is 19.9 Å². The van der Waals surface area contributed by atoms with Crippen LogP contribution in [0.5, 0.6) is 5.75 Å². The topological polar surface area (TPSA) is 106 Å². The molecule has 33 heavy (non-hydrogen) atoms. The number of hydrogen-bond donors (Lipinski definition) is 2. The molecule has 0 radical (unpaired) electrons. The zero-order valence-corrected chi connectivity index (χ0v) is 18.9. The molecule has 2 aromatic carbocycles. The third-order valence-corrected chi connectivity index (χ3v) is 4.92. The first-order chi connectivity index (χ1) is 15.9. The summed E-state index contributed by atoms with van der Waals surface area (Å²) in [5, 5.41) is 7.10. The van der Waals surface area contributed by atoms with Gasteiger partial charge in [0.05, 0.1) is 12.0 Å². The van der Waals surface area contributed by atoms with E-state index in [0.29, 0.717) is 16.6 Å². The highest BCUT2D eigenvalue weighted by molar-refractivity contribution is 7.99. The number of rotatable bonds is 9. The van der Waals surface area contributed by atoms with Crippen LogP contribution in [0.1, 0.15) is 17.0 Å². The Bertz CT molecular complexity index is 1120. The Hall–Kier alpha value is -3.79. The quantitative estimate of drug-likeness (QED) is 0.216. The van der Waals surface area contributed by atoms with Crippen molar-refractivity contribution in [3.8, 4) is 5.75 Å². The van der Waals surface area contributed by atoms with Gasteiger partial charge < -0.3 is 10.1 Å². The molecule has 2 amide bonds. The van der Waals surface area contributed by atoms with Crippen molar-refractivity contribution < 1.29 is 18.7 Å². The van der Waals surface area contributed by atoms with Crippen LogP contribution < -0.4 is 15.5 Å². The molecule has 0 aliphatic heterocycles. The molecule has 0 spiro atoms. The number of nitrogens with zero attached hydrogens (tertiary/aromatic N) is 3. The number of anilines is 1. The molecule has 0 bridgehead atoms. The molecule has 0 unspecified atom stereocenters. The molecule has 0 fully saturated rings. The predicted molar refractivity (Wildman–Crippen MR) is 125 cm³/mol. The summed E-state index contributed by atoms with van der Waals surface area (Å²) in [5.41, 5.74) is 5.39. The highest BCUT2D eigenvalue weighted by atomic mass is 32.2. The van der Waals surface area contributed by atoms with Crippen LogP contribution in [0.4, 0.5) is 10.1 Å². The van der Waals surface area contributed by atoms with Gasteiger partial charge in [0.2, 0.25) is 0 Å². The van der Waals surface area contributed by atoms with Gasteiger partial charge in [-0.1, -0.05) is 11.8 Å². The average Bonchev–Trinajstić information content (AvgIpc) is 2.78. The molecule has 1 heterocycles. The summed E-state index contributed by atoms with van der Waals surface area (Å²) in [5.74, 6) is -0.369. The number of carbonyl (C=O) groups excluding carboxylic acids is 2. The summed E-state index contributed by atoms with van der Waals surface area (Å²) in [6.07, 6.45) is 1.50. The monoisotopic (exact) mass is 467 g/mol. The molecule has 2 N–H and O–H groups in total. The van der Waals surface area contributed by atoms with Crippen molar-refractivity contribution in [3.63, 3.8) is 0 Å². The Balaban J connectivity index is 1.39. The van der Waals surface area contributed by atoms with E-state index in [1.54, 1.807) is 24.3 Å². The lowest BCUT2D eigenvalue weighted by Crippen LogP contribution is -2.20. The van der Waals surface area contributed by atoms with Gasteiger partial charge in [0.15, 0.2) is 11.8 Å². The second-order valence-corrected chi connectivity index (χ2v) is 7.87. The number of hydrogen-bond acceptors (Lipinski definition) is 7. The number of ether oxygens (including phenoxy) is 1. The zero-order valence-electron chi connectivity index (χ0n) is 18.0. The molecule has 0 aliphatic rings. The van der Waals surface area contributed by atoms with Crippen molar-refractivity contribution in [2.24, 2.45) is 5.10 Å². The molecule has 0 saturated heterocycles. The summed E-state index contributed by atoms with van der Waals surface area (Å²) >= 11 is 1.24. The lowest BCUT2D eigenvalue weighted by atomic mass is 10.2. The van der Waals surface area contributed by atoms with E-state index in [2.05, 4.69) is 25.8 Å². The molecule has 0 atom stereocenters. The lowest BCUT2D eigenvalue weighted by Gasteiger charge is -2.07. The van der Waals surface area contributed by atoms with Gasteiger partial charge in [0.25, 0.3) is 11.8 Å². The van der Waals surface area contributed by atoms with Gasteiger partial charge >= 0.3 is 0 Å². The number of aromatic nitrogens is 2. The normalized spacial score (nSPS) is 10.8. The van der Waals surface area contributed by atoms with Gasteiger partial charge in [-0.2, -0.15) is 5.10 Å². The van der Waals surface area contributed by atoms with Gasteiger partial charge in [0, 0.05) is 17.1 Å². The van der Waals surface area contributed by atoms with Gasteiger partial charge in [-0.25, -0.2) is 19.8 Å². The number of aryl methyl sites for hydroxylation is 2. The van der Waals surface area contributed by atoms with Crippen LogP contribution in [0.3, 0.4) is 0 Å². The highest BCUT2D eigenvalue weighted by Gasteiger charge is 2.06. The molecule has 170 valence electrons. The minimum atomic E-state index is -0.377. The van der Waals surface area contributed by atoms with E-state index in [4.69, 9.17) is 4.74 Å². The fourth-order valence-electron chi connectivity index (χ4n) is 2.63. The van der Waals surface area contributed by atoms with E-state index >= 15 is 0 Å². The first-order valence-corrected chi connectivity index (χ1v) is 10.9. The summed E-state index contributed by atoms with van der Waals surface area (Å²) < 4.78 is 18.3. The number of thioether (sulfide) groups is 1. The molecular weight excluding hydrogens is 445 g/mol. The van der Waals surface area contributed by atoms with Crippen LogP contribution in [-0.2, 0) is 9.59 Å². The third-order valence-electron chi connectivity index (χ3n) is 4.08. The first kappa shape index (κ1) is 23.9. The maximum atomic E-state index is 12.9. The largest absolute Gasteiger partial charge is 0.484 e. The van der Waals surface area contributed by atoms with Crippen LogP contribution in [0.15, 0.2) is 64.9 Å². The van der Waals surface area contributed by atoms with Crippen molar-refractivity contribution >= 4 is 35.5 Å². The second kappa shape index (κ2) is 11.7. The average molecular weight is 468 g/mol. The number of amides is 2. The Morgan fingerprint density at radius 2 is 1.70 bits per heavy atom. The van der Waals surface area contributed by atoms with Gasteiger partial charge in [-0.05, 0) is 74.0 Å². The summed E-state index contributed by atoms with van der Waals surface area (Å²) in [4.78, 5) is 32.4. The van der Waals surface area contributed by atoms with Crippen LogP contribution in [0.2, 0.25) is 0 Å². The first-order valence-electron chi connectivity index (χ1n) is 9.92. The fourth-order valence-corrected chi connectivity index (χ4v) is 3.37. The smallest absolute Gasteiger partial charge is 0.262 e. The Labute approximate surface area is 194 Å². The summed E-state index contributed by atoms with van der Waals surface area (Å²) in [6.45, 7) is 3.56. The van der Waals surface area contributed by atoms with Gasteiger partial charge in [-0.3, -0.25) is 9.59 Å². The molecular formula is C23H22FN5O3S. The Kier molecular flexibility index (Phi) is 8.48. The number of nitrogens with one attached hydrogen (secondary N) is 2. The summed E-state index contributed by atoms with van der Waals surface area (Å²) in [6, 6.07) is 14.2. The molecule has 0 saturated carbocycles. The van der Waals surface area contributed by atoms with Gasteiger partial charge in [0.1, 0.15) is 11.6 Å². The van der Waals surface area contributed by atoms with Crippen LogP contribution in [0.25, 0.3) is 0 Å². The van der Waals surface area contributed by atoms with Crippen molar-refractivity contribution in [2.45, 2.75) is 19.0 Å². The third kappa shape index (κ3) is 8.34. The summed E-state index contributed by atoms with van der Waals surface area (Å²) in [7, 11) is 0. The Morgan fingerprint density at radius 1 is 1.03 bits per heavy atom. The molecule has 3 rings (SSSR count). The van der Waals surface area contributed by atoms with E-state index in [-0.39, 0.29) is 30.0 Å². The SMILES string of the molecule is Cc1cc(C)nc(SCC(=O)N/N=C\c2ccc(OCC(=O)Nc3ccc(F)cc3)cc2)n1. The van der Waals surface area contributed by atoms with E-state index in [1.165, 1.54) is 42.2 Å². The van der Waals surface area contributed by atoms with Crippen molar-refractivity contribution in [1.82, 2.24) is 15.4 Å². The Morgan fingerprint density at radius 3 is 2.36 bits per heavy atom. The van der Waals surface area contributed by atoms with Gasteiger partial charge in [-0.15, -0.1) is 0 Å². The van der Waals surface area contributed by atoms with Crippen LogP contribution in [-0.4, -0.2) is 40.4 Å². The second-order valence-electron chi connectivity index (χ2n) is 6.93. The van der Waals surface area contributed by atoms with Crippen LogP contribution in [0, 0.1) is 19.7 Å². The van der Waals surface area contributed by atoms with Crippen molar-refractivity contribution in [1.29, 1.82) is 0 Å². The zero-order chi connectivity index (χ0) is 23.6. The number of carbonyl (C=O) groups is 2. The molecule has 3 aromatic rings. The van der Waals surface area contributed by atoms with E-state index < -0.39 is 0 Å². The number of halogens is 1. The highest BCUT2D eigenvalue weighted by Crippen LogP contribution is 2.14. The predicted octanol–water partition coefficient (Wildman–Crippen LogP) is 3.49. The minimum absolute atomic E-state index is 0.146. The molecule has 10 heteroatoms. The van der Waals surface area contributed by atoms with E-state index in [0.717, 1.165) is 17.0 Å². The minimum Gasteiger partial charge on any atom is -0.484 e.